The molecule has 2 rings (SSSR count). The number of hydrogen-bond donors (Lipinski definition) is 0. The molecule has 0 fully saturated rings. The molecule has 0 heterocycles. The largest absolute Gasteiger partial charge is 0.494 e. The number of carbonyl (C=O) groups excluding carboxylic acids is 1. The molecule has 0 saturated heterocycles. The summed E-state index contributed by atoms with van der Waals surface area (Å²) in [6, 6.07) is 7.28. The first-order valence-electron chi connectivity index (χ1n) is 7.67. The Balaban J connectivity index is 2.59. The number of hydrogen-bond acceptors (Lipinski definition) is 5. The maximum absolute atomic E-state index is 14.0. The molecule has 0 aliphatic rings. The van der Waals surface area contributed by atoms with Gasteiger partial charge in [-0.15, -0.1) is 0 Å². The average Bonchev–Trinajstić information content (AvgIpc) is 2.62. The third-order valence-electron chi connectivity index (χ3n) is 3.47. The predicted molar refractivity (Wildman–Crippen MR) is 101 cm³/mol. The summed E-state index contributed by atoms with van der Waals surface area (Å²) in [7, 11) is -3.11. The Kier molecular flexibility index (Phi) is 6.91. The second-order valence-corrected chi connectivity index (χ2v) is 7.91. The van der Waals surface area contributed by atoms with E-state index in [-0.39, 0.29) is 33.0 Å². The van der Waals surface area contributed by atoms with Crippen molar-refractivity contribution in [1.82, 2.24) is 0 Å². The SMILES string of the molecule is CCOC(=O)CN(c1cc(Cl)ccc1Cl)S(=O)(=O)c1ccc(OC)c(F)c1. The van der Waals surface area contributed by atoms with E-state index >= 15 is 0 Å². The van der Waals surface area contributed by atoms with Gasteiger partial charge in [0.05, 0.1) is 29.3 Å². The lowest BCUT2D eigenvalue weighted by molar-refractivity contribution is -0.141. The molecular weight excluding hydrogens is 420 g/mol. The van der Waals surface area contributed by atoms with Crippen molar-refractivity contribution in [1.29, 1.82) is 0 Å². The number of nitrogens with zero attached hydrogens (tertiary/aromatic N) is 1. The molecule has 0 saturated carbocycles. The molecule has 27 heavy (non-hydrogen) atoms. The first-order chi connectivity index (χ1) is 12.7. The van der Waals surface area contributed by atoms with Crippen molar-refractivity contribution in [2.24, 2.45) is 0 Å². The molecule has 0 aliphatic heterocycles. The lowest BCUT2D eigenvalue weighted by atomic mass is 10.3. The lowest BCUT2D eigenvalue weighted by Crippen LogP contribution is -2.37. The zero-order valence-corrected chi connectivity index (χ0v) is 16.7. The van der Waals surface area contributed by atoms with E-state index in [1.165, 1.54) is 31.4 Å². The van der Waals surface area contributed by atoms with Gasteiger partial charge in [0.1, 0.15) is 6.54 Å². The molecule has 0 spiro atoms. The van der Waals surface area contributed by atoms with Crippen LogP contribution in [0.3, 0.4) is 0 Å². The maximum Gasteiger partial charge on any atom is 0.326 e. The Labute approximate surface area is 166 Å². The molecule has 0 amide bonds. The van der Waals surface area contributed by atoms with E-state index < -0.39 is 28.4 Å². The number of benzene rings is 2. The van der Waals surface area contributed by atoms with Crippen LogP contribution in [0.25, 0.3) is 0 Å². The van der Waals surface area contributed by atoms with Crippen molar-refractivity contribution in [3.8, 4) is 5.75 Å². The molecule has 0 unspecified atom stereocenters. The normalized spacial score (nSPS) is 11.1. The van der Waals surface area contributed by atoms with Crippen LogP contribution in [0.4, 0.5) is 10.1 Å². The van der Waals surface area contributed by atoms with Gasteiger partial charge < -0.3 is 9.47 Å². The minimum atomic E-state index is -4.36. The Morgan fingerprint density at radius 1 is 1.19 bits per heavy atom. The van der Waals surface area contributed by atoms with E-state index in [0.717, 1.165) is 16.4 Å². The van der Waals surface area contributed by atoms with Gasteiger partial charge in [-0.25, -0.2) is 12.8 Å². The molecule has 0 aromatic heterocycles. The summed E-state index contributed by atoms with van der Waals surface area (Å²) in [5.74, 6) is -1.79. The van der Waals surface area contributed by atoms with E-state index in [4.69, 9.17) is 32.7 Å². The highest BCUT2D eigenvalue weighted by Crippen LogP contribution is 2.33. The van der Waals surface area contributed by atoms with Crippen LogP contribution < -0.4 is 9.04 Å². The highest BCUT2D eigenvalue weighted by atomic mass is 35.5. The monoisotopic (exact) mass is 435 g/mol. The van der Waals surface area contributed by atoms with Gasteiger partial charge in [0, 0.05) is 5.02 Å². The van der Waals surface area contributed by atoms with Crippen LogP contribution in [-0.4, -0.2) is 34.6 Å². The summed E-state index contributed by atoms with van der Waals surface area (Å²) in [6.07, 6.45) is 0. The Morgan fingerprint density at radius 2 is 1.89 bits per heavy atom. The number of esters is 1. The summed E-state index contributed by atoms with van der Waals surface area (Å²) in [6.45, 7) is 0.985. The fraction of sp³-hybridized carbons (Fsp3) is 0.235. The second kappa shape index (κ2) is 8.77. The van der Waals surface area contributed by atoms with Crippen molar-refractivity contribution in [2.75, 3.05) is 24.6 Å². The number of ether oxygens (including phenoxy) is 2. The fourth-order valence-electron chi connectivity index (χ4n) is 2.24. The van der Waals surface area contributed by atoms with Crippen LogP contribution in [0, 0.1) is 5.82 Å². The van der Waals surface area contributed by atoms with Crippen LogP contribution in [0.5, 0.6) is 5.75 Å². The van der Waals surface area contributed by atoms with Gasteiger partial charge in [-0.1, -0.05) is 23.2 Å². The van der Waals surface area contributed by atoms with E-state index in [0.29, 0.717) is 0 Å². The molecule has 0 atom stereocenters. The molecular formula is C17H16Cl2FNO5S. The number of sulfonamides is 1. The molecule has 10 heteroatoms. The van der Waals surface area contributed by atoms with E-state index in [1.807, 2.05) is 0 Å². The minimum Gasteiger partial charge on any atom is -0.494 e. The van der Waals surface area contributed by atoms with E-state index in [9.17, 15) is 17.6 Å². The van der Waals surface area contributed by atoms with E-state index in [1.54, 1.807) is 6.92 Å². The smallest absolute Gasteiger partial charge is 0.326 e. The summed E-state index contributed by atoms with van der Waals surface area (Å²) in [5.41, 5.74) is -0.0338. The molecule has 2 aromatic carbocycles. The van der Waals surface area contributed by atoms with Gasteiger partial charge in [-0.2, -0.15) is 0 Å². The highest BCUT2D eigenvalue weighted by Gasteiger charge is 2.30. The quantitative estimate of drug-likeness (QED) is 0.616. The summed E-state index contributed by atoms with van der Waals surface area (Å²) in [5, 5.41) is 0.251. The van der Waals surface area contributed by atoms with Gasteiger partial charge in [0.25, 0.3) is 10.0 Å². The van der Waals surface area contributed by atoms with Gasteiger partial charge in [0.15, 0.2) is 11.6 Å². The summed E-state index contributed by atoms with van der Waals surface area (Å²) in [4.78, 5) is 11.6. The van der Waals surface area contributed by atoms with Crippen molar-refractivity contribution in [2.45, 2.75) is 11.8 Å². The van der Waals surface area contributed by atoms with Crippen LogP contribution in [0.2, 0.25) is 10.0 Å². The standard InChI is InChI=1S/C17H16Cl2FNO5S/c1-3-26-17(22)10-21(15-8-11(18)4-6-13(15)19)27(23,24)12-5-7-16(25-2)14(20)9-12/h4-9H,3,10H2,1-2H3. The number of carbonyl (C=O) groups is 1. The third kappa shape index (κ3) is 4.82. The third-order valence-corrected chi connectivity index (χ3v) is 5.78. The second-order valence-electron chi connectivity index (χ2n) is 5.21. The Bertz CT molecular complexity index is 952. The van der Waals surface area contributed by atoms with Gasteiger partial charge >= 0.3 is 5.97 Å². The van der Waals surface area contributed by atoms with Crippen LogP contribution in [0.1, 0.15) is 6.92 Å². The lowest BCUT2D eigenvalue weighted by Gasteiger charge is -2.24. The number of methoxy groups -OCH3 is 1. The predicted octanol–water partition coefficient (Wildman–Crippen LogP) is 3.90. The Morgan fingerprint density at radius 3 is 2.48 bits per heavy atom. The molecule has 0 aliphatic carbocycles. The van der Waals surface area contributed by atoms with E-state index in [2.05, 4.69) is 0 Å². The van der Waals surface area contributed by atoms with Crippen molar-refractivity contribution >= 4 is 44.9 Å². The minimum absolute atomic E-state index is 0.0338. The summed E-state index contributed by atoms with van der Waals surface area (Å²) >= 11 is 12.1. The zero-order valence-electron chi connectivity index (χ0n) is 14.4. The van der Waals surface area contributed by atoms with Gasteiger partial charge in [-0.3, -0.25) is 9.10 Å². The first-order valence-corrected chi connectivity index (χ1v) is 9.87. The average molecular weight is 436 g/mol. The molecule has 6 nitrogen and oxygen atoms in total. The zero-order chi connectivity index (χ0) is 20.2. The van der Waals surface area contributed by atoms with Crippen molar-refractivity contribution in [3.63, 3.8) is 0 Å². The van der Waals surface area contributed by atoms with Crippen molar-refractivity contribution in [3.05, 3.63) is 52.3 Å². The molecule has 146 valence electrons. The number of rotatable bonds is 7. The van der Waals surface area contributed by atoms with Crippen LogP contribution >= 0.6 is 23.2 Å². The van der Waals surface area contributed by atoms with Gasteiger partial charge in [0.2, 0.25) is 0 Å². The van der Waals surface area contributed by atoms with Gasteiger partial charge in [-0.05, 0) is 43.3 Å². The summed E-state index contributed by atoms with van der Waals surface area (Å²) < 4.78 is 50.6. The Hall–Kier alpha value is -2.03. The molecule has 0 N–H and O–H groups in total. The highest BCUT2D eigenvalue weighted by molar-refractivity contribution is 7.92. The molecule has 2 aromatic rings. The topological polar surface area (TPSA) is 72.9 Å². The number of anilines is 1. The van der Waals surface area contributed by atoms with Crippen LogP contribution in [0.15, 0.2) is 41.3 Å². The van der Waals surface area contributed by atoms with Crippen molar-refractivity contribution < 1.29 is 27.1 Å². The number of halogens is 3. The van der Waals surface area contributed by atoms with Crippen LogP contribution in [-0.2, 0) is 19.6 Å². The fourth-order valence-corrected chi connectivity index (χ4v) is 4.10. The first kappa shape index (κ1) is 21.3. The maximum atomic E-state index is 14.0. The molecule has 0 radical (unpaired) electrons. The molecule has 0 bridgehead atoms.